The molecule has 3 aromatic rings. The summed E-state index contributed by atoms with van der Waals surface area (Å²) in [7, 11) is 1.48. The molecule has 0 radical (unpaired) electrons. The summed E-state index contributed by atoms with van der Waals surface area (Å²) in [4.78, 5) is 36.5. The van der Waals surface area contributed by atoms with Crippen LogP contribution in [0, 0.1) is 0 Å². The third-order valence-corrected chi connectivity index (χ3v) is 4.43. The summed E-state index contributed by atoms with van der Waals surface area (Å²) in [6, 6.07) is 14.5. The minimum atomic E-state index is -4.81. The van der Waals surface area contributed by atoms with Crippen molar-refractivity contribution in [2.75, 3.05) is 17.7 Å². The van der Waals surface area contributed by atoms with Crippen LogP contribution in [-0.4, -0.2) is 23.5 Å². The zero-order chi connectivity index (χ0) is 23.3. The smallest absolute Gasteiger partial charge is 0.421 e. The minimum absolute atomic E-state index is 0.308. The van der Waals surface area contributed by atoms with Crippen molar-refractivity contribution in [2.24, 2.45) is 0 Å². The van der Waals surface area contributed by atoms with E-state index < -0.39 is 35.7 Å². The number of aromatic nitrogens is 1. The van der Waals surface area contributed by atoms with Gasteiger partial charge in [0, 0.05) is 17.4 Å². The molecule has 32 heavy (non-hydrogen) atoms. The van der Waals surface area contributed by atoms with Gasteiger partial charge in [0.05, 0.1) is 12.8 Å². The summed E-state index contributed by atoms with van der Waals surface area (Å²) in [5.41, 5.74) is -1.55. The highest BCUT2D eigenvalue weighted by Crippen LogP contribution is 2.26. The van der Waals surface area contributed by atoms with Crippen molar-refractivity contribution in [2.45, 2.75) is 12.7 Å². The van der Waals surface area contributed by atoms with Crippen LogP contribution in [0.5, 0.6) is 5.75 Å². The van der Waals surface area contributed by atoms with Crippen molar-refractivity contribution in [3.8, 4) is 5.75 Å². The number of alkyl halides is 3. The first-order chi connectivity index (χ1) is 15.2. The average molecular weight is 445 g/mol. The molecule has 7 nitrogen and oxygen atoms in total. The van der Waals surface area contributed by atoms with Crippen molar-refractivity contribution >= 4 is 23.2 Å². The Balaban J connectivity index is 1.65. The van der Waals surface area contributed by atoms with E-state index in [1.807, 2.05) is 0 Å². The second-order valence-electron chi connectivity index (χ2n) is 6.63. The maximum atomic E-state index is 12.8. The Morgan fingerprint density at radius 2 is 1.66 bits per heavy atom. The largest absolute Gasteiger partial charge is 0.495 e. The van der Waals surface area contributed by atoms with E-state index in [1.165, 1.54) is 31.4 Å². The molecule has 0 fully saturated rings. The lowest BCUT2D eigenvalue weighted by Crippen LogP contribution is -2.31. The van der Waals surface area contributed by atoms with E-state index in [-0.39, 0.29) is 0 Å². The van der Waals surface area contributed by atoms with Gasteiger partial charge in [-0.1, -0.05) is 12.1 Å². The molecule has 0 unspecified atom stereocenters. The fourth-order valence-corrected chi connectivity index (χ4v) is 2.88. The molecule has 10 heteroatoms. The van der Waals surface area contributed by atoms with Crippen LogP contribution in [0.25, 0.3) is 0 Å². The number of nitrogens with zero attached hydrogens (tertiary/aromatic N) is 1. The van der Waals surface area contributed by atoms with Gasteiger partial charge in [0.1, 0.15) is 17.9 Å². The molecule has 0 saturated heterocycles. The second kappa shape index (κ2) is 9.38. The Labute approximate surface area is 180 Å². The summed E-state index contributed by atoms with van der Waals surface area (Å²) in [5, 5.41) is 5.19. The van der Waals surface area contributed by atoms with Gasteiger partial charge in [-0.3, -0.25) is 14.4 Å². The number of halogens is 3. The molecule has 0 saturated carbocycles. The monoisotopic (exact) mass is 445 g/mol. The lowest BCUT2D eigenvalue weighted by Gasteiger charge is -2.11. The molecule has 0 aliphatic rings. The zero-order valence-corrected chi connectivity index (χ0v) is 16.8. The van der Waals surface area contributed by atoms with E-state index >= 15 is 0 Å². The summed E-state index contributed by atoms with van der Waals surface area (Å²) in [5.74, 6) is -0.602. The number of anilines is 2. The Morgan fingerprint density at radius 3 is 2.31 bits per heavy atom. The van der Waals surface area contributed by atoms with Gasteiger partial charge >= 0.3 is 6.18 Å². The molecule has 1 aromatic heterocycles. The van der Waals surface area contributed by atoms with E-state index in [0.29, 0.717) is 33.3 Å². The highest BCUT2D eigenvalue weighted by molar-refractivity contribution is 6.05. The van der Waals surface area contributed by atoms with Crippen LogP contribution in [0.4, 0.5) is 24.5 Å². The predicted molar refractivity (Wildman–Crippen MR) is 112 cm³/mol. The molecule has 1 heterocycles. The zero-order valence-electron chi connectivity index (χ0n) is 16.8. The fourth-order valence-electron chi connectivity index (χ4n) is 2.88. The normalized spacial score (nSPS) is 11.0. The lowest BCUT2D eigenvalue weighted by atomic mass is 10.2. The van der Waals surface area contributed by atoms with Crippen molar-refractivity contribution in [1.29, 1.82) is 0 Å². The number of rotatable bonds is 6. The highest BCUT2D eigenvalue weighted by atomic mass is 19.4. The van der Waals surface area contributed by atoms with Gasteiger partial charge in [0.2, 0.25) is 5.91 Å². The quantitative estimate of drug-likeness (QED) is 0.605. The molecule has 2 amide bonds. The Bertz CT molecular complexity index is 1190. The van der Waals surface area contributed by atoms with Gasteiger partial charge < -0.3 is 19.9 Å². The van der Waals surface area contributed by atoms with E-state index in [9.17, 15) is 27.6 Å². The SMILES string of the molecule is COc1ccccc1NC(=O)c1ccc(NC(=O)Cn2cccc(C(F)(F)F)c2=O)cc1. The number of amides is 2. The second-order valence-corrected chi connectivity index (χ2v) is 6.63. The molecule has 0 aliphatic carbocycles. The van der Waals surface area contributed by atoms with Crippen molar-refractivity contribution in [1.82, 2.24) is 4.57 Å². The van der Waals surface area contributed by atoms with Crippen molar-refractivity contribution in [3.05, 3.63) is 88.3 Å². The summed E-state index contributed by atoms with van der Waals surface area (Å²) in [6.45, 7) is -0.598. The van der Waals surface area contributed by atoms with Crippen LogP contribution in [0.15, 0.2) is 71.7 Å². The maximum Gasteiger partial charge on any atom is 0.421 e. The molecular weight excluding hydrogens is 427 g/mol. The number of para-hydroxylation sites is 2. The molecule has 0 bridgehead atoms. The van der Waals surface area contributed by atoms with Gasteiger partial charge in [-0.25, -0.2) is 0 Å². The standard InChI is InChI=1S/C22H18F3N3O4/c1-32-18-7-3-2-6-17(18)27-20(30)14-8-10-15(11-9-14)26-19(29)13-28-12-4-5-16(21(28)31)22(23,24)25/h2-12H,13H2,1H3,(H,26,29)(H,27,30). The topological polar surface area (TPSA) is 89.4 Å². The number of hydrogen-bond donors (Lipinski definition) is 2. The Hall–Kier alpha value is -4.08. The van der Waals surface area contributed by atoms with Gasteiger partial charge in [-0.05, 0) is 48.5 Å². The van der Waals surface area contributed by atoms with Crippen LogP contribution >= 0.6 is 0 Å². The number of hydrogen-bond acceptors (Lipinski definition) is 4. The van der Waals surface area contributed by atoms with E-state index in [4.69, 9.17) is 4.74 Å². The van der Waals surface area contributed by atoms with Crippen LogP contribution in [0.1, 0.15) is 15.9 Å². The number of carbonyl (C=O) groups is 2. The number of benzene rings is 2. The number of methoxy groups -OCH3 is 1. The molecule has 3 rings (SSSR count). The molecule has 0 spiro atoms. The maximum absolute atomic E-state index is 12.8. The summed E-state index contributed by atoms with van der Waals surface area (Å²) < 4.78 is 44.4. The van der Waals surface area contributed by atoms with Crippen LogP contribution < -0.4 is 20.9 Å². The van der Waals surface area contributed by atoms with E-state index in [2.05, 4.69) is 10.6 Å². The average Bonchev–Trinajstić information content (AvgIpc) is 2.75. The minimum Gasteiger partial charge on any atom is -0.495 e. The predicted octanol–water partition coefficient (Wildman–Crippen LogP) is 3.77. The molecule has 166 valence electrons. The summed E-state index contributed by atoms with van der Waals surface area (Å²) >= 11 is 0. The number of pyridine rings is 1. The number of nitrogens with one attached hydrogen (secondary N) is 2. The first-order valence-electron chi connectivity index (χ1n) is 9.30. The molecule has 2 N–H and O–H groups in total. The highest BCUT2D eigenvalue weighted by Gasteiger charge is 2.34. The number of ether oxygens (including phenoxy) is 1. The van der Waals surface area contributed by atoms with E-state index in [0.717, 1.165) is 12.3 Å². The van der Waals surface area contributed by atoms with Crippen LogP contribution in [0.3, 0.4) is 0 Å². The molecular formula is C22H18F3N3O4. The molecule has 0 atom stereocenters. The fraction of sp³-hybridized carbons (Fsp3) is 0.136. The van der Waals surface area contributed by atoms with Crippen molar-refractivity contribution < 1.29 is 27.5 Å². The Kier molecular flexibility index (Phi) is 6.62. The third kappa shape index (κ3) is 5.34. The first-order valence-corrected chi connectivity index (χ1v) is 9.30. The van der Waals surface area contributed by atoms with Gasteiger partial charge in [0.15, 0.2) is 0 Å². The van der Waals surface area contributed by atoms with E-state index in [1.54, 1.807) is 24.3 Å². The first kappa shape index (κ1) is 22.6. The van der Waals surface area contributed by atoms with Gasteiger partial charge in [-0.15, -0.1) is 0 Å². The van der Waals surface area contributed by atoms with Crippen molar-refractivity contribution in [3.63, 3.8) is 0 Å². The third-order valence-electron chi connectivity index (χ3n) is 4.43. The summed E-state index contributed by atoms with van der Waals surface area (Å²) in [6.07, 6.45) is -3.71. The lowest BCUT2D eigenvalue weighted by molar-refractivity contribution is -0.139. The van der Waals surface area contributed by atoms with Crippen LogP contribution in [-0.2, 0) is 17.5 Å². The van der Waals surface area contributed by atoms with Gasteiger partial charge in [-0.2, -0.15) is 13.2 Å². The number of carbonyl (C=O) groups excluding carboxylic acids is 2. The molecule has 0 aliphatic heterocycles. The Morgan fingerprint density at radius 1 is 0.969 bits per heavy atom. The molecule has 2 aromatic carbocycles. The van der Waals surface area contributed by atoms with Gasteiger partial charge in [0.25, 0.3) is 11.5 Å². The van der Waals surface area contributed by atoms with Crippen LogP contribution in [0.2, 0.25) is 0 Å².